The number of rotatable bonds is 6. The van der Waals surface area contributed by atoms with Crippen molar-refractivity contribution in [1.29, 1.82) is 0 Å². The van der Waals surface area contributed by atoms with Crippen LogP contribution in [0.2, 0.25) is 0 Å². The second-order valence-corrected chi connectivity index (χ2v) is 8.80. The molecule has 1 aliphatic heterocycles. The number of carboxylic acids is 1. The van der Waals surface area contributed by atoms with E-state index in [2.05, 4.69) is 26.9 Å². The summed E-state index contributed by atoms with van der Waals surface area (Å²) in [7, 11) is 3.32. The largest absolute Gasteiger partial charge is 0.497 e. The first-order valence-electron chi connectivity index (χ1n) is 8.47. The first-order valence-corrected chi connectivity index (χ1v) is 10.1. The van der Waals surface area contributed by atoms with E-state index in [0.29, 0.717) is 12.8 Å². The van der Waals surface area contributed by atoms with Gasteiger partial charge in [0.05, 0.1) is 30.0 Å². The van der Waals surface area contributed by atoms with Crippen molar-refractivity contribution in [2.45, 2.75) is 18.9 Å². The molecule has 140 valence electrons. The number of hydrogen-bond acceptors (Lipinski definition) is 5. The molecule has 3 rings (SSSR count). The minimum Gasteiger partial charge on any atom is -0.497 e. The number of nitrogens with zero attached hydrogens (tertiary/aromatic N) is 1. The Labute approximate surface area is 165 Å². The molecule has 1 fully saturated rings. The van der Waals surface area contributed by atoms with Gasteiger partial charge in [0.2, 0.25) is 0 Å². The summed E-state index contributed by atoms with van der Waals surface area (Å²) in [6, 6.07) is 9.99. The van der Waals surface area contributed by atoms with E-state index in [1.54, 1.807) is 25.6 Å². The SMILES string of the molecule is COc1ccc(OC)c(C(c2ccc(Br)s2)N2CCC(C(=O)O)CC2)c1. The van der Waals surface area contributed by atoms with Crippen LogP contribution in [-0.4, -0.2) is 43.3 Å². The van der Waals surface area contributed by atoms with Crippen LogP contribution in [0.15, 0.2) is 34.1 Å². The number of carboxylic acid groups (broad SMARTS) is 1. The molecule has 1 aromatic heterocycles. The van der Waals surface area contributed by atoms with Crippen molar-refractivity contribution >= 4 is 33.2 Å². The van der Waals surface area contributed by atoms with E-state index in [1.807, 2.05) is 24.3 Å². The molecule has 0 amide bonds. The molecule has 0 bridgehead atoms. The van der Waals surface area contributed by atoms with E-state index in [1.165, 1.54) is 4.88 Å². The van der Waals surface area contributed by atoms with Crippen LogP contribution in [0.1, 0.15) is 29.3 Å². The summed E-state index contributed by atoms with van der Waals surface area (Å²) in [5, 5.41) is 9.29. The lowest BCUT2D eigenvalue weighted by atomic mass is 9.93. The molecule has 1 aliphatic rings. The van der Waals surface area contributed by atoms with Gasteiger partial charge in [-0.1, -0.05) is 0 Å². The lowest BCUT2D eigenvalue weighted by molar-refractivity contribution is -0.143. The smallest absolute Gasteiger partial charge is 0.306 e. The third-order valence-corrected chi connectivity index (χ3v) is 6.51. The van der Waals surface area contributed by atoms with E-state index in [0.717, 1.165) is 33.9 Å². The van der Waals surface area contributed by atoms with Gasteiger partial charge in [0.1, 0.15) is 11.5 Å². The van der Waals surface area contributed by atoms with Gasteiger partial charge in [-0.2, -0.15) is 0 Å². The van der Waals surface area contributed by atoms with Gasteiger partial charge in [-0.25, -0.2) is 0 Å². The maximum Gasteiger partial charge on any atom is 0.306 e. The van der Waals surface area contributed by atoms with Crippen molar-refractivity contribution in [3.63, 3.8) is 0 Å². The molecule has 0 aliphatic carbocycles. The lowest BCUT2D eigenvalue weighted by Gasteiger charge is -2.37. The van der Waals surface area contributed by atoms with Crippen LogP contribution < -0.4 is 9.47 Å². The Bertz CT molecular complexity index is 771. The zero-order valence-electron chi connectivity index (χ0n) is 14.8. The first kappa shape index (κ1) is 19.2. The molecule has 7 heteroatoms. The monoisotopic (exact) mass is 439 g/mol. The third kappa shape index (κ3) is 4.05. The number of hydrogen-bond donors (Lipinski definition) is 1. The number of carbonyl (C=O) groups is 1. The number of halogens is 1. The molecule has 1 atom stereocenters. The molecule has 2 heterocycles. The summed E-state index contributed by atoms with van der Waals surface area (Å²) in [6.45, 7) is 1.47. The number of benzene rings is 1. The first-order chi connectivity index (χ1) is 12.5. The van der Waals surface area contributed by atoms with Crippen LogP contribution >= 0.6 is 27.3 Å². The van der Waals surface area contributed by atoms with Crippen molar-refractivity contribution < 1.29 is 19.4 Å². The molecule has 2 aromatic rings. The number of piperidine rings is 1. The zero-order valence-corrected chi connectivity index (χ0v) is 17.2. The Kier molecular flexibility index (Phi) is 6.21. The molecule has 1 saturated heterocycles. The van der Waals surface area contributed by atoms with Crippen LogP contribution in [0.3, 0.4) is 0 Å². The Morgan fingerprint density at radius 3 is 2.50 bits per heavy atom. The van der Waals surface area contributed by atoms with Gasteiger partial charge in [0, 0.05) is 10.4 Å². The number of thiophene rings is 1. The highest BCUT2D eigenvalue weighted by Crippen LogP contribution is 2.42. The quantitative estimate of drug-likeness (QED) is 0.721. The summed E-state index contributed by atoms with van der Waals surface area (Å²) < 4.78 is 12.1. The summed E-state index contributed by atoms with van der Waals surface area (Å²) in [4.78, 5) is 14.8. The maximum absolute atomic E-state index is 11.3. The molecular weight excluding hydrogens is 418 g/mol. The molecular formula is C19H22BrNO4S. The Balaban J connectivity index is 1.99. The number of likely N-dealkylation sites (tertiary alicyclic amines) is 1. The Morgan fingerprint density at radius 2 is 1.96 bits per heavy atom. The fourth-order valence-corrected chi connectivity index (χ4v) is 5.04. The van der Waals surface area contributed by atoms with Gasteiger partial charge in [-0.05, 0) is 72.2 Å². The third-order valence-electron chi connectivity index (χ3n) is 4.84. The van der Waals surface area contributed by atoms with E-state index in [9.17, 15) is 9.90 Å². The Morgan fingerprint density at radius 1 is 1.23 bits per heavy atom. The second-order valence-electron chi connectivity index (χ2n) is 6.30. The molecule has 26 heavy (non-hydrogen) atoms. The van der Waals surface area contributed by atoms with Crippen LogP contribution in [0.4, 0.5) is 0 Å². The molecule has 1 aromatic carbocycles. The van der Waals surface area contributed by atoms with Crippen LogP contribution in [0.5, 0.6) is 11.5 Å². The molecule has 0 saturated carbocycles. The average Bonchev–Trinajstić information content (AvgIpc) is 3.08. The van der Waals surface area contributed by atoms with Crippen molar-refractivity contribution in [3.05, 3.63) is 44.6 Å². The number of ether oxygens (including phenoxy) is 2. The highest BCUT2D eigenvalue weighted by atomic mass is 79.9. The number of methoxy groups -OCH3 is 2. The fraction of sp³-hybridized carbons (Fsp3) is 0.421. The standard InChI is InChI=1S/C19H22BrNO4S/c1-24-13-3-4-15(25-2)14(11-13)18(16-5-6-17(20)26-16)21-9-7-12(8-10-21)19(22)23/h3-6,11-12,18H,7-10H2,1-2H3,(H,22,23). The number of aliphatic carboxylic acids is 1. The molecule has 0 radical (unpaired) electrons. The maximum atomic E-state index is 11.3. The molecule has 5 nitrogen and oxygen atoms in total. The van der Waals surface area contributed by atoms with E-state index in [4.69, 9.17) is 9.47 Å². The summed E-state index contributed by atoms with van der Waals surface area (Å²) >= 11 is 5.24. The van der Waals surface area contributed by atoms with Gasteiger partial charge in [0.15, 0.2) is 0 Å². The van der Waals surface area contributed by atoms with Crippen molar-refractivity contribution in [3.8, 4) is 11.5 Å². The second kappa shape index (κ2) is 8.41. The van der Waals surface area contributed by atoms with E-state index in [-0.39, 0.29) is 12.0 Å². The zero-order chi connectivity index (χ0) is 18.7. The van der Waals surface area contributed by atoms with Crippen LogP contribution in [0, 0.1) is 5.92 Å². The van der Waals surface area contributed by atoms with Crippen molar-refractivity contribution in [2.24, 2.45) is 5.92 Å². The van der Waals surface area contributed by atoms with Crippen LogP contribution in [-0.2, 0) is 4.79 Å². The highest BCUT2D eigenvalue weighted by molar-refractivity contribution is 9.11. The van der Waals surface area contributed by atoms with Gasteiger partial charge in [0.25, 0.3) is 0 Å². The fourth-order valence-electron chi connectivity index (χ4n) is 3.46. The van der Waals surface area contributed by atoms with Gasteiger partial charge in [-0.15, -0.1) is 11.3 Å². The predicted molar refractivity (Wildman–Crippen MR) is 105 cm³/mol. The topological polar surface area (TPSA) is 59.0 Å². The average molecular weight is 440 g/mol. The van der Waals surface area contributed by atoms with Gasteiger partial charge >= 0.3 is 5.97 Å². The highest BCUT2D eigenvalue weighted by Gasteiger charge is 2.32. The van der Waals surface area contributed by atoms with Gasteiger partial charge in [-0.3, -0.25) is 9.69 Å². The molecule has 1 unspecified atom stereocenters. The minimum atomic E-state index is -0.695. The van der Waals surface area contributed by atoms with E-state index < -0.39 is 5.97 Å². The van der Waals surface area contributed by atoms with Crippen LogP contribution in [0.25, 0.3) is 0 Å². The van der Waals surface area contributed by atoms with E-state index >= 15 is 0 Å². The predicted octanol–water partition coefficient (Wildman–Crippen LogP) is 4.41. The van der Waals surface area contributed by atoms with Crippen molar-refractivity contribution in [2.75, 3.05) is 27.3 Å². The van der Waals surface area contributed by atoms with Crippen molar-refractivity contribution in [1.82, 2.24) is 4.90 Å². The lowest BCUT2D eigenvalue weighted by Crippen LogP contribution is -2.39. The van der Waals surface area contributed by atoms with Gasteiger partial charge < -0.3 is 14.6 Å². The summed E-state index contributed by atoms with van der Waals surface area (Å²) in [6.07, 6.45) is 1.31. The Hall–Kier alpha value is -1.57. The molecule has 0 spiro atoms. The summed E-state index contributed by atoms with van der Waals surface area (Å²) in [5.41, 5.74) is 1.04. The minimum absolute atomic E-state index is 0.00564. The normalized spacial score (nSPS) is 17.0. The molecule has 1 N–H and O–H groups in total. The summed E-state index contributed by atoms with van der Waals surface area (Å²) in [5.74, 6) is 0.635.